The summed E-state index contributed by atoms with van der Waals surface area (Å²) < 4.78 is 1.80. The Hall–Kier alpha value is -5.46. The Balaban J connectivity index is 0.875. The van der Waals surface area contributed by atoms with Crippen LogP contribution in [0.25, 0.3) is 27.5 Å². The van der Waals surface area contributed by atoms with Crippen molar-refractivity contribution >= 4 is 45.3 Å². The quantitative estimate of drug-likeness (QED) is 0.210. The molecule has 266 valence electrons. The van der Waals surface area contributed by atoms with E-state index >= 15 is 0 Å². The zero-order valence-corrected chi connectivity index (χ0v) is 30.0. The molecule has 14 nitrogen and oxygen atoms in total. The maximum absolute atomic E-state index is 12.3. The Kier molecular flexibility index (Phi) is 9.25. The average molecular weight is 717 g/mol. The molecule has 3 aliphatic rings. The van der Waals surface area contributed by atoms with E-state index in [-0.39, 0.29) is 23.8 Å². The summed E-state index contributed by atoms with van der Waals surface area (Å²) in [7, 11) is 0. The van der Waals surface area contributed by atoms with Crippen LogP contribution in [0.4, 0.5) is 16.6 Å². The van der Waals surface area contributed by atoms with Crippen molar-refractivity contribution < 1.29 is 9.59 Å². The number of piperidine rings is 1. The van der Waals surface area contributed by atoms with E-state index < -0.39 is 0 Å². The average Bonchev–Trinajstić information content (AvgIpc) is 3.92. The van der Waals surface area contributed by atoms with Gasteiger partial charge >= 0.3 is 0 Å². The topological polar surface area (TPSA) is 161 Å². The normalized spacial score (nSPS) is 19.7. The summed E-state index contributed by atoms with van der Waals surface area (Å²) in [6, 6.07) is 14.1. The lowest BCUT2D eigenvalue weighted by Gasteiger charge is -2.35. The molecular weight excluding hydrogens is 677 g/mol. The van der Waals surface area contributed by atoms with Crippen molar-refractivity contribution in [1.29, 1.82) is 5.26 Å². The molecule has 0 saturated carbocycles. The van der Waals surface area contributed by atoms with Gasteiger partial charge in [0.25, 0.3) is 0 Å². The molecule has 15 heteroatoms. The molecule has 0 bridgehead atoms. The number of aromatic nitrogens is 6. The van der Waals surface area contributed by atoms with Crippen LogP contribution in [-0.2, 0) is 9.59 Å². The van der Waals surface area contributed by atoms with Gasteiger partial charge in [0.2, 0.25) is 16.9 Å². The minimum absolute atomic E-state index is 0.198. The zero-order valence-electron chi connectivity index (χ0n) is 29.2. The van der Waals surface area contributed by atoms with Crippen molar-refractivity contribution in [2.45, 2.75) is 45.1 Å². The van der Waals surface area contributed by atoms with Gasteiger partial charge in [0, 0.05) is 76.4 Å². The third kappa shape index (κ3) is 6.91. The molecule has 0 spiro atoms. The number of nitrogens with zero attached hydrogens (tertiary/aromatic N) is 10. The number of hydrogen-bond donors (Lipinski definition) is 2. The number of rotatable bonds is 9. The lowest BCUT2D eigenvalue weighted by Crippen LogP contribution is -2.48. The molecule has 2 N–H and O–H groups in total. The predicted octanol–water partition coefficient (Wildman–Crippen LogP) is 4.17. The molecule has 0 aromatic carbocycles. The molecule has 8 heterocycles. The number of anilines is 3. The number of amides is 2. The first-order chi connectivity index (χ1) is 25.3. The molecule has 3 saturated heterocycles. The summed E-state index contributed by atoms with van der Waals surface area (Å²) in [6.07, 6.45) is 7.24. The summed E-state index contributed by atoms with van der Waals surface area (Å²) in [6.45, 7) is 10.9. The second-order valence-electron chi connectivity index (χ2n) is 14.1. The molecule has 2 atom stereocenters. The van der Waals surface area contributed by atoms with Gasteiger partial charge in [0.15, 0.2) is 5.01 Å². The Morgan fingerprint density at radius 2 is 1.85 bits per heavy atom. The second kappa shape index (κ2) is 14.3. The Bertz CT molecular complexity index is 2150. The van der Waals surface area contributed by atoms with Gasteiger partial charge in [-0.15, -0.1) is 10.2 Å². The Morgan fingerprint density at radius 1 is 0.981 bits per heavy atom. The molecule has 0 radical (unpaired) electrons. The maximum Gasteiger partial charge on any atom is 0.234 e. The smallest absolute Gasteiger partial charge is 0.234 e. The van der Waals surface area contributed by atoms with Gasteiger partial charge in [-0.2, -0.15) is 10.4 Å². The van der Waals surface area contributed by atoms with Gasteiger partial charge < -0.3 is 15.1 Å². The number of carbonyl (C=O) groups excluding carboxylic acids is 2. The highest BCUT2D eigenvalue weighted by atomic mass is 32.1. The number of imide groups is 1. The van der Waals surface area contributed by atoms with Gasteiger partial charge in [-0.25, -0.2) is 9.50 Å². The predicted molar refractivity (Wildman–Crippen MR) is 199 cm³/mol. The van der Waals surface area contributed by atoms with Gasteiger partial charge in [-0.1, -0.05) is 17.4 Å². The van der Waals surface area contributed by atoms with E-state index in [0.29, 0.717) is 24.3 Å². The van der Waals surface area contributed by atoms with Crippen LogP contribution < -0.4 is 20.4 Å². The molecular formula is C37H40N12O2S. The molecule has 2 amide bonds. The summed E-state index contributed by atoms with van der Waals surface area (Å²) in [4.78, 5) is 40.5. The summed E-state index contributed by atoms with van der Waals surface area (Å²) in [5, 5.41) is 30.7. The van der Waals surface area contributed by atoms with Gasteiger partial charge in [-0.05, 0) is 68.5 Å². The van der Waals surface area contributed by atoms with E-state index in [1.54, 1.807) is 28.2 Å². The third-order valence-corrected chi connectivity index (χ3v) is 11.1. The molecule has 3 aliphatic heterocycles. The molecule has 5 aromatic heterocycles. The van der Waals surface area contributed by atoms with E-state index in [1.165, 1.54) is 0 Å². The van der Waals surface area contributed by atoms with Crippen LogP contribution in [-0.4, -0.2) is 98.3 Å². The highest BCUT2D eigenvalue weighted by Crippen LogP contribution is 2.36. The standard InChI is InChI=1S/C37H40N12O2S/c1-23(2)42-30-16-31(32-6-4-27-15-25(17-38)18-41-49(27)32)39-20-29(30)36-44-45-37(52-36)47-13-11-46(12-14-47)21-24-9-10-48(22-24)33-7-3-26(19-40-33)28-5-8-34(50)43-35(28)51/h3-4,6-7,15-16,18-20,23-24,28H,5,8-14,21-22H2,1-2H3,(H,39,42)(H,43,50,51)/t24-,28-/m1/s1. The van der Waals surface area contributed by atoms with Crippen molar-refractivity contribution in [3.05, 3.63) is 66.1 Å². The van der Waals surface area contributed by atoms with Gasteiger partial charge in [-0.3, -0.25) is 24.8 Å². The number of carbonyl (C=O) groups is 2. The van der Waals surface area contributed by atoms with Crippen LogP contribution in [0.5, 0.6) is 0 Å². The Labute approximate surface area is 305 Å². The molecule has 0 unspecified atom stereocenters. The minimum atomic E-state index is -0.310. The highest BCUT2D eigenvalue weighted by Gasteiger charge is 2.30. The van der Waals surface area contributed by atoms with Crippen molar-refractivity contribution in [2.24, 2.45) is 5.92 Å². The number of pyridine rings is 2. The Morgan fingerprint density at radius 3 is 2.62 bits per heavy atom. The van der Waals surface area contributed by atoms with E-state index in [9.17, 15) is 14.9 Å². The third-order valence-electron chi connectivity index (χ3n) is 10.1. The lowest BCUT2D eigenvalue weighted by atomic mass is 9.92. The fourth-order valence-electron chi connectivity index (χ4n) is 7.38. The van der Waals surface area contributed by atoms with Crippen molar-refractivity contribution in [3.63, 3.8) is 0 Å². The fraction of sp³-hybridized carbons (Fsp3) is 0.405. The molecule has 0 aliphatic carbocycles. The summed E-state index contributed by atoms with van der Waals surface area (Å²) >= 11 is 1.59. The number of nitriles is 1. The summed E-state index contributed by atoms with van der Waals surface area (Å²) in [5.74, 6) is 0.768. The van der Waals surface area contributed by atoms with Crippen LogP contribution in [0.1, 0.15) is 50.2 Å². The van der Waals surface area contributed by atoms with Crippen molar-refractivity contribution in [2.75, 3.05) is 60.9 Å². The van der Waals surface area contributed by atoms with Crippen LogP contribution >= 0.6 is 11.3 Å². The van der Waals surface area contributed by atoms with Crippen LogP contribution in [0.3, 0.4) is 0 Å². The number of hydrogen-bond acceptors (Lipinski definition) is 13. The van der Waals surface area contributed by atoms with Gasteiger partial charge in [0.1, 0.15) is 11.9 Å². The summed E-state index contributed by atoms with van der Waals surface area (Å²) in [5.41, 5.74) is 5.68. The minimum Gasteiger partial charge on any atom is -0.382 e. The lowest BCUT2D eigenvalue weighted by molar-refractivity contribution is -0.134. The second-order valence-corrected chi connectivity index (χ2v) is 15.0. The molecule has 52 heavy (non-hydrogen) atoms. The van der Waals surface area contributed by atoms with Crippen molar-refractivity contribution in [3.8, 4) is 28.0 Å². The monoisotopic (exact) mass is 716 g/mol. The number of fused-ring (bicyclic) bond motifs is 1. The first kappa shape index (κ1) is 33.7. The molecule has 8 rings (SSSR count). The number of piperazine rings is 1. The maximum atomic E-state index is 12.3. The van der Waals surface area contributed by atoms with Crippen LogP contribution in [0, 0.1) is 17.2 Å². The van der Waals surface area contributed by atoms with Crippen molar-refractivity contribution in [1.82, 2.24) is 40.0 Å². The molecule has 3 fully saturated rings. The SMILES string of the molecule is CC(C)Nc1cc(-c2ccc3cc(C#N)cnn23)ncc1-c1nnc(N2CCN(C[C@H]3CCN(c4ccc([C@H]5CCC(=O)NC5=O)cn4)C3)CC2)s1. The largest absolute Gasteiger partial charge is 0.382 e. The van der Waals surface area contributed by atoms with Crippen LogP contribution in [0.2, 0.25) is 0 Å². The first-order valence-corrected chi connectivity index (χ1v) is 18.6. The van der Waals surface area contributed by atoms with E-state index in [4.69, 9.17) is 9.97 Å². The van der Waals surface area contributed by atoms with E-state index in [0.717, 1.165) is 102 Å². The zero-order chi connectivity index (χ0) is 35.8. The van der Waals surface area contributed by atoms with E-state index in [2.05, 4.69) is 60.5 Å². The van der Waals surface area contributed by atoms with E-state index in [1.807, 2.05) is 42.6 Å². The van der Waals surface area contributed by atoms with Gasteiger partial charge in [0.05, 0.1) is 40.1 Å². The fourth-order valence-corrected chi connectivity index (χ4v) is 8.30. The number of nitrogens with one attached hydrogen (secondary N) is 2. The van der Waals surface area contributed by atoms with Crippen LogP contribution in [0.15, 0.2) is 55.0 Å². The highest BCUT2D eigenvalue weighted by molar-refractivity contribution is 7.18. The molecule has 5 aromatic rings. The first-order valence-electron chi connectivity index (χ1n) is 17.8.